The molecule has 0 unspecified atom stereocenters. The van der Waals surface area contributed by atoms with E-state index >= 15 is 0 Å². The van der Waals surface area contributed by atoms with Crippen LogP contribution >= 0.6 is 22.6 Å². The van der Waals surface area contributed by atoms with Crippen molar-refractivity contribution in [2.45, 2.75) is 6.54 Å². The summed E-state index contributed by atoms with van der Waals surface area (Å²) < 4.78 is 15.7. The van der Waals surface area contributed by atoms with Crippen molar-refractivity contribution in [3.8, 4) is 0 Å². The molecule has 0 aliphatic rings. The maximum absolute atomic E-state index is 13.2. The summed E-state index contributed by atoms with van der Waals surface area (Å²) >= 11 is 2.12. The number of carbonyl (C=O) groups is 1. The summed E-state index contributed by atoms with van der Waals surface area (Å²) in [5.41, 5.74) is 2.03. The SMILES string of the molecule is O=C(Nc1cnn(Cc2cccc(F)c2)c1)c1ccccc1I. The molecule has 3 aromatic rings. The maximum Gasteiger partial charge on any atom is 0.256 e. The third kappa shape index (κ3) is 3.95. The molecule has 0 saturated heterocycles. The molecule has 1 N–H and O–H groups in total. The highest BCUT2D eigenvalue weighted by atomic mass is 127. The van der Waals surface area contributed by atoms with Crippen molar-refractivity contribution in [3.63, 3.8) is 0 Å². The van der Waals surface area contributed by atoms with Crippen LogP contribution < -0.4 is 5.32 Å². The molecule has 0 spiro atoms. The topological polar surface area (TPSA) is 46.9 Å². The molecule has 0 aliphatic heterocycles. The van der Waals surface area contributed by atoms with Gasteiger partial charge in [0.2, 0.25) is 0 Å². The van der Waals surface area contributed by atoms with E-state index in [-0.39, 0.29) is 11.7 Å². The van der Waals surface area contributed by atoms with E-state index in [4.69, 9.17) is 0 Å². The molecule has 0 bridgehead atoms. The normalized spacial score (nSPS) is 10.5. The molecule has 6 heteroatoms. The highest BCUT2D eigenvalue weighted by Crippen LogP contribution is 2.15. The molecule has 1 heterocycles. The zero-order chi connectivity index (χ0) is 16.2. The van der Waals surface area contributed by atoms with E-state index < -0.39 is 0 Å². The number of carbonyl (C=O) groups excluding carboxylic acids is 1. The summed E-state index contributed by atoms with van der Waals surface area (Å²) in [6, 6.07) is 13.7. The number of halogens is 2. The molecule has 0 saturated carbocycles. The van der Waals surface area contributed by atoms with Gasteiger partial charge in [-0.1, -0.05) is 24.3 Å². The fraction of sp³-hybridized carbons (Fsp3) is 0.0588. The molecule has 1 aromatic heterocycles. The van der Waals surface area contributed by atoms with Crippen LogP contribution in [0.25, 0.3) is 0 Å². The smallest absolute Gasteiger partial charge is 0.256 e. The van der Waals surface area contributed by atoms with Crippen LogP contribution in [0.4, 0.5) is 10.1 Å². The highest BCUT2D eigenvalue weighted by molar-refractivity contribution is 14.1. The average molecular weight is 421 g/mol. The van der Waals surface area contributed by atoms with Crippen LogP contribution in [0, 0.1) is 9.39 Å². The van der Waals surface area contributed by atoms with Crippen LogP contribution in [0.3, 0.4) is 0 Å². The van der Waals surface area contributed by atoms with Gasteiger partial charge in [0.05, 0.1) is 24.0 Å². The summed E-state index contributed by atoms with van der Waals surface area (Å²) in [5.74, 6) is -0.456. The summed E-state index contributed by atoms with van der Waals surface area (Å²) in [7, 11) is 0. The van der Waals surface area contributed by atoms with Crippen LogP contribution in [-0.4, -0.2) is 15.7 Å². The number of nitrogens with one attached hydrogen (secondary N) is 1. The Morgan fingerprint density at radius 2 is 2.04 bits per heavy atom. The predicted octanol–water partition coefficient (Wildman–Crippen LogP) is 3.93. The lowest BCUT2D eigenvalue weighted by Gasteiger charge is -2.04. The van der Waals surface area contributed by atoms with Crippen molar-refractivity contribution in [2.75, 3.05) is 5.32 Å². The summed E-state index contributed by atoms with van der Waals surface area (Å²) in [6.45, 7) is 0.441. The molecule has 4 nitrogen and oxygen atoms in total. The van der Waals surface area contributed by atoms with Gasteiger partial charge in [-0.2, -0.15) is 5.10 Å². The molecule has 116 valence electrons. The number of rotatable bonds is 4. The summed E-state index contributed by atoms with van der Waals surface area (Å²) in [6.07, 6.45) is 3.30. The Hall–Kier alpha value is -2.22. The first kappa shape index (κ1) is 15.7. The van der Waals surface area contributed by atoms with E-state index in [2.05, 4.69) is 33.0 Å². The van der Waals surface area contributed by atoms with Crippen LogP contribution in [0.15, 0.2) is 60.9 Å². The first-order chi connectivity index (χ1) is 11.1. The van der Waals surface area contributed by atoms with Gasteiger partial charge in [0, 0.05) is 9.77 Å². The minimum absolute atomic E-state index is 0.180. The lowest BCUT2D eigenvalue weighted by molar-refractivity contribution is 0.102. The highest BCUT2D eigenvalue weighted by Gasteiger charge is 2.10. The zero-order valence-corrected chi connectivity index (χ0v) is 14.2. The molecular formula is C17H13FIN3O. The van der Waals surface area contributed by atoms with Crippen molar-refractivity contribution in [2.24, 2.45) is 0 Å². The fourth-order valence-corrected chi connectivity index (χ4v) is 2.81. The molecule has 0 radical (unpaired) electrons. The van der Waals surface area contributed by atoms with Crippen LogP contribution in [0.2, 0.25) is 0 Å². The molecule has 23 heavy (non-hydrogen) atoms. The molecular weight excluding hydrogens is 408 g/mol. The number of nitrogens with zero attached hydrogens (tertiary/aromatic N) is 2. The van der Waals surface area contributed by atoms with Gasteiger partial charge in [-0.25, -0.2) is 4.39 Å². The quantitative estimate of drug-likeness (QED) is 0.650. The lowest BCUT2D eigenvalue weighted by Crippen LogP contribution is -2.12. The molecule has 0 atom stereocenters. The Balaban J connectivity index is 1.70. The Morgan fingerprint density at radius 1 is 1.22 bits per heavy atom. The standard InChI is InChI=1S/C17H13FIN3O/c18-13-5-3-4-12(8-13)10-22-11-14(9-20-22)21-17(23)15-6-1-2-7-16(15)19/h1-9,11H,10H2,(H,21,23). The van der Waals surface area contributed by atoms with Crippen LogP contribution in [0.1, 0.15) is 15.9 Å². The second kappa shape index (κ2) is 6.91. The van der Waals surface area contributed by atoms with E-state index in [1.54, 1.807) is 29.2 Å². The second-order valence-electron chi connectivity index (χ2n) is 4.99. The van der Waals surface area contributed by atoms with Crippen molar-refractivity contribution in [1.82, 2.24) is 9.78 Å². The van der Waals surface area contributed by atoms with Gasteiger partial charge in [0.25, 0.3) is 5.91 Å². The number of hydrogen-bond donors (Lipinski definition) is 1. The average Bonchev–Trinajstić information content (AvgIpc) is 2.94. The van der Waals surface area contributed by atoms with Gasteiger partial charge in [0.1, 0.15) is 5.82 Å². The number of amides is 1. The van der Waals surface area contributed by atoms with Crippen LogP contribution in [0.5, 0.6) is 0 Å². The third-order valence-electron chi connectivity index (χ3n) is 3.24. The Kier molecular flexibility index (Phi) is 4.71. The van der Waals surface area contributed by atoms with Crippen molar-refractivity contribution in [3.05, 3.63) is 81.4 Å². The number of aromatic nitrogens is 2. The van der Waals surface area contributed by atoms with E-state index in [0.717, 1.165) is 9.13 Å². The minimum atomic E-state index is -0.276. The van der Waals surface area contributed by atoms with E-state index in [1.807, 2.05) is 24.3 Å². The minimum Gasteiger partial charge on any atom is -0.319 e. The molecule has 3 rings (SSSR count). The van der Waals surface area contributed by atoms with Gasteiger partial charge >= 0.3 is 0 Å². The first-order valence-corrected chi connectivity index (χ1v) is 8.02. The third-order valence-corrected chi connectivity index (χ3v) is 4.18. The van der Waals surface area contributed by atoms with Crippen molar-refractivity contribution >= 4 is 34.2 Å². The maximum atomic E-state index is 13.2. The van der Waals surface area contributed by atoms with Gasteiger partial charge in [-0.05, 0) is 52.4 Å². The number of benzene rings is 2. The number of hydrogen-bond acceptors (Lipinski definition) is 2. The Labute approximate surface area is 146 Å². The van der Waals surface area contributed by atoms with Gasteiger partial charge in [-0.3, -0.25) is 9.48 Å². The summed E-state index contributed by atoms with van der Waals surface area (Å²) in [4.78, 5) is 12.2. The van der Waals surface area contributed by atoms with Crippen LogP contribution in [-0.2, 0) is 6.54 Å². The van der Waals surface area contributed by atoms with Gasteiger partial charge in [-0.15, -0.1) is 0 Å². The molecule has 0 fully saturated rings. The second-order valence-corrected chi connectivity index (χ2v) is 6.15. The van der Waals surface area contributed by atoms with Crippen molar-refractivity contribution in [1.29, 1.82) is 0 Å². The monoisotopic (exact) mass is 421 g/mol. The van der Waals surface area contributed by atoms with E-state index in [9.17, 15) is 9.18 Å². The van der Waals surface area contributed by atoms with Gasteiger partial charge < -0.3 is 5.32 Å². The largest absolute Gasteiger partial charge is 0.319 e. The molecule has 0 aliphatic carbocycles. The zero-order valence-electron chi connectivity index (χ0n) is 12.0. The lowest BCUT2D eigenvalue weighted by atomic mass is 10.2. The Bertz CT molecular complexity index is 847. The number of anilines is 1. The first-order valence-electron chi connectivity index (χ1n) is 6.94. The fourth-order valence-electron chi connectivity index (χ4n) is 2.18. The predicted molar refractivity (Wildman–Crippen MR) is 94.8 cm³/mol. The molecule has 2 aromatic carbocycles. The summed E-state index contributed by atoms with van der Waals surface area (Å²) in [5, 5.41) is 7.00. The van der Waals surface area contributed by atoms with Gasteiger partial charge in [0.15, 0.2) is 0 Å². The van der Waals surface area contributed by atoms with Crippen molar-refractivity contribution < 1.29 is 9.18 Å². The van der Waals surface area contributed by atoms with E-state index in [1.165, 1.54) is 12.1 Å². The Morgan fingerprint density at radius 3 is 2.83 bits per heavy atom. The van der Waals surface area contributed by atoms with E-state index in [0.29, 0.717) is 17.8 Å². The molecule has 1 amide bonds.